The second-order valence-electron chi connectivity index (χ2n) is 6.97. The van der Waals surface area contributed by atoms with Crippen molar-refractivity contribution in [1.82, 2.24) is 10.2 Å². The Labute approximate surface area is 157 Å². The van der Waals surface area contributed by atoms with Crippen LogP contribution in [0.4, 0.5) is 13.2 Å². The summed E-state index contributed by atoms with van der Waals surface area (Å²) in [5.74, 6) is 0.434. The normalized spacial score (nSPS) is 21.3. The summed E-state index contributed by atoms with van der Waals surface area (Å²) >= 11 is 0. The summed E-state index contributed by atoms with van der Waals surface area (Å²) in [5.41, 5.74) is 0.924. The van der Waals surface area contributed by atoms with E-state index in [2.05, 4.69) is 10.2 Å². The smallest absolute Gasteiger partial charge is 0.422 e. The van der Waals surface area contributed by atoms with Crippen molar-refractivity contribution in [1.29, 1.82) is 0 Å². The quantitative estimate of drug-likeness (QED) is 0.705. The zero-order valence-electron chi connectivity index (χ0n) is 15.6. The number of nitrogens with zero attached hydrogens (tertiary/aromatic N) is 1. The summed E-state index contributed by atoms with van der Waals surface area (Å²) in [6.45, 7) is 4.85. The van der Waals surface area contributed by atoms with Gasteiger partial charge in [-0.3, -0.25) is 4.90 Å². The Hall–Kier alpha value is -1.51. The fraction of sp³-hybridized carbons (Fsp3) is 0.684. The van der Waals surface area contributed by atoms with E-state index < -0.39 is 12.8 Å². The highest BCUT2D eigenvalue weighted by Crippen LogP contribution is 2.30. The Bertz CT molecular complexity index is 608. The van der Waals surface area contributed by atoms with Crippen molar-refractivity contribution in [3.8, 4) is 11.5 Å². The topological polar surface area (TPSA) is 43.0 Å². The molecule has 27 heavy (non-hydrogen) atoms. The van der Waals surface area contributed by atoms with E-state index in [1.54, 1.807) is 19.1 Å². The maximum absolute atomic E-state index is 12.4. The van der Waals surface area contributed by atoms with Gasteiger partial charge in [-0.2, -0.15) is 13.2 Å². The monoisotopic (exact) mass is 388 g/mol. The minimum Gasteiger partial charge on any atom is -0.490 e. The van der Waals surface area contributed by atoms with Crippen LogP contribution in [-0.2, 0) is 11.3 Å². The molecule has 1 aromatic rings. The van der Waals surface area contributed by atoms with Gasteiger partial charge in [-0.25, -0.2) is 0 Å². The molecule has 1 saturated carbocycles. The van der Waals surface area contributed by atoms with Crippen molar-refractivity contribution < 1.29 is 27.4 Å². The molecular weight excluding hydrogens is 361 g/mol. The predicted octanol–water partition coefficient (Wildman–Crippen LogP) is 2.98. The Balaban J connectivity index is 1.49. The Kier molecular flexibility index (Phi) is 6.83. The lowest BCUT2D eigenvalue weighted by Crippen LogP contribution is -2.47. The van der Waals surface area contributed by atoms with Gasteiger partial charge in [-0.15, -0.1) is 0 Å². The lowest BCUT2D eigenvalue weighted by Gasteiger charge is -2.33. The van der Waals surface area contributed by atoms with E-state index in [1.165, 1.54) is 18.9 Å². The second-order valence-corrected chi connectivity index (χ2v) is 6.97. The van der Waals surface area contributed by atoms with Gasteiger partial charge in [0.25, 0.3) is 0 Å². The first-order valence-corrected chi connectivity index (χ1v) is 9.46. The van der Waals surface area contributed by atoms with Crippen molar-refractivity contribution in [2.24, 2.45) is 0 Å². The highest BCUT2D eigenvalue weighted by atomic mass is 19.4. The van der Waals surface area contributed by atoms with Gasteiger partial charge in [0.15, 0.2) is 18.1 Å². The molecule has 2 fully saturated rings. The summed E-state index contributed by atoms with van der Waals surface area (Å²) in [6.07, 6.45) is -1.62. The van der Waals surface area contributed by atoms with Crippen LogP contribution in [0.5, 0.6) is 11.5 Å². The number of morpholine rings is 1. The van der Waals surface area contributed by atoms with Gasteiger partial charge in [0, 0.05) is 32.2 Å². The van der Waals surface area contributed by atoms with Crippen LogP contribution in [0.2, 0.25) is 0 Å². The number of nitrogens with one attached hydrogen (secondary N) is 1. The molecular formula is C19H27F3N2O3. The Morgan fingerprint density at radius 1 is 1.22 bits per heavy atom. The van der Waals surface area contributed by atoms with Gasteiger partial charge in [0.1, 0.15) is 0 Å². The van der Waals surface area contributed by atoms with Crippen molar-refractivity contribution in [3.63, 3.8) is 0 Å². The molecule has 8 heteroatoms. The van der Waals surface area contributed by atoms with E-state index >= 15 is 0 Å². The first kappa shape index (κ1) is 20.2. The molecule has 1 heterocycles. The molecule has 1 unspecified atom stereocenters. The fourth-order valence-electron chi connectivity index (χ4n) is 3.22. The van der Waals surface area contributed by atoms with Crippen LogP contribution in [0.15, 0.2) is 18.2 Å². The third kappa shape index (κ3) is 6.55. The minimum atomic E-state index is -4.38. The molecule has 1 aliphatic heterocycles. The van der Waals surface area contributed by atoms with Gasteiger partial charge in [-0.05, 0) is 37.5 Å². The van der Waals surface area contributed by atoms with Crippen molar-refractivity contribution in [3.05, 3.63) is 23.8 Å². The third-order valence-corrected chi connectivity index (χ3v) is 4.63. The second kappa shape index (κ2) is 9.12. The molecule has 0 aromatic heterocycles. The molecule has 5 nitrogen and oxygen atoms in total. The summed E-state index contributed by atoms with van der Waals surface area (Å²) in [7, 11) is 0. The van der Waals surface area contributed by atoms with E-state index in [0.717, 1.165) is 37.8 Å². The van der Waals surface area contributed by atoms with Gasteiger partial charge >= 0.3 is 6.18 Å². The number of alkyl halides is 3. The maximum Gasteiger partial charge on any atom is 0.422 e. The van der Waals surface area contributed by atoms with Crippen LogP contribution in [-0.4, -0.2) is 62.7 Å². The van der Waals surface area contributed by atoms with Crippen LogP contribution in [0.25, 0.3) is 0 Å². The Morgan fingerprint density at radius 2 is 2.04 bits per heavy atom. The molecule has 0 amide bonds. The lowest BCUT2D eigenvalue weighted by atomic mass is 10.2. The average Bonchev–Trinajstić information content (AvgIpc) is 3.46. The van der Waals surface area contributed by atoms with Crippen LogP contribution in [0.1, 0.15) is 25.3 Å². The van der Waals surface area contributed by atoms with Gasteiger partial charge in [-0.1, -0.05) is 6.07 Å². The minimum absolute atomic E-state index is 0.105. The Morgan fingerprint density at radius 3 is 2.74 bits per heavy atom. The molecule has 0 bridgehead atoms. The molecule has 2 aliphatic rings. The molecule has 3 rings (SSSR count). The van der Waals surface area contributed by atoms with E-state index in [-0.39, 0.29) is 11.9 Å². The largest absolute Gasteiger partial charge is 0.490 e. The van der Waals surface area contributed by atoms with Crippen LogP contribution >= 0.6 is 0 Å². The molecule has 0 spiro atoms. The standard InChI is InChI=1S/C19H27F3N2O3/c1-2-25-18-9-14(3-6-17(18)27-13-19(20,21)22)10-23-11-16-12-24(7-8-26-16)15-4-5-15/h3,6,9,15-16,23H,2,4-5,7-8,10-13H2,1H3. The molecule has 1 atom stereocenters. The number of rotatable bonds is 9. The van der Waals surface area contributed by atoms with Crippen LogP contribution in [0, 0.1) is 0 Å². The molecule has 1 N–H and O–H groups in total. The molecule has 0 radical (unpaired) electrons. The average molecular weight is 388 g/mol. The third-order valence-electron chi connectivity index (χ3n) is 4.63. The molecule has 1 saturated heterocycles. The van der Waals surface area contributed by atoms with Crippen molar-refractivity contribution >= 4 is 0 Å². The molecule has 152 valence electrons. The van der Waals surface area contributed by atoms with Crippen LogP contribution in [0.3, 0.4) is 0 Å². The van der Waals surface area contributed by atoms with Gasteiger partial charge in [0.05, 0.1) is 19.3 Å². The molecule has 1 aliphatic carbocycles. The number of hydrogen-bond acceptors (Lipinski definition) is 5. The zero-order valence-corrected chi connectivity index (χ0v) is 15.6. The number of hydrogen-bond donors (Lipinski definition) is 1. The summed E-state index contributed by atoms with van der Waals surface area (Å²) < 4.78 is 53.2. The SMILES string of the molecule is CCOc1cc(CNCC2CN(C3CC3)CCO2)ccc1OCC(F)(F)F. The van der Waals surface area contributed by atoms with Gasteiger partial charge < -0.3 is 19.5 Å². The van der Waals surface area contributed by atoms with Gasteiger partial charge in [0.2, 0.25) is 0 Å². The maximum atomic E-state index is 12.4. The predicted molar refractivity (Wildman–Crippen MR) is 95.2 cm³/mol. The van der Waals surface area contributed by atoms with Crippen LogP contribution < -0.4 is 14.8 Å². The highest BCUT2D eigenvalue weighted by Gasteiger charge is 2.32. The molecule has 1 aromatic carbocycles. The number of ether oxygens (including phenoxy) is 3. The van der Waals surface area contributed by atoms with E-state index in [9.17, 15) is 13.2 Å². The van der Waals surface area contributed by atoms with Crippen molar-refractivity contribution in [2.45, 2.75) is 44.6 Å². The van der Waals surface area contributed by atoms with E-state index in [1.807, 2.05) is 0 Å². The fourth-order valence-corrected chi connectivity index (χ4v) is 3.22. The highest BCUT2D eigenvalue weighted by molar-refractivity contribution is 5.43. The summed E-state index contributed by atoms with van der Waals surface area (Å²) in [6, 6.07) is 5.74. The summed E-state index contributed by atoms with van der Waals surface area (Å²) in [4.78, 5) is 2.50. The van der Waals surface area contributed by atoms with Crippen molar-refractivity contribution in [2.75, 3.05) is 39.5 Å². The lowest BCUT2D eigenvalue weighted by molar-refractivity contribution is -0.153. The first-order valence-electron chi connectivity index (χ1n) is 9.46. The number of benzene rings is 1. The zero-order chi connectivity index (χ0) is 19.3. The van der Waals surface area contributed by atoms with E-state index in [4.69, 9.17) is 14.2 Å². The summed E-state index contributed by atoms with van der Waals surface area (Å²) in [5, 5.41) is 3.37. The van der Waals surface area contributed by atoms with E-state index in [0.29, 0.717) is 18.9 Å². The number of halogens is 3. The first-order chi connectivity index (χ1) is 12.9.